The number of benzene rings is 2. The minimum Gasteiger partial charge on any atom is -0.379 e. The molecule has 1 atom stereocenters. The van der Waals surface area contributed by atoms with Gasteiger partial charge in [-0.1, -0.05) is 30.3 Å². The lowest BCUT2D eigenvalue weighted by Crippen LogP contribution is -2.06. The van der Waals surface area contributed by atoms with Crippen LogP contribution in [0.4, 0.5) is 5.69 Å². The largest absolute Gasteiger partial charge is 0.379 e. The van der Waals surface area contributed by atoms with Crippen LogP contribution in [0, 0.1) is 0 Å². The SMILES string of the molecule is CC(Nc1ccc(-n2cccn2)cc1)c1ccccc1. The summed E-state index contributed by atoms with van der Waals surface area (Å²) < 4.78 is 1.85. The Bertz CT molecular complexity index is 642. The molecule has 1 unspecified atom stereocenters. The van der Waals surface area contributed by atoms with Gasteiger partial charge in [0.2, 0.25) is 0 Å². The Kier molecular flexibility index (Phi) is 3.50. The molecule has 20 heavy (non-hydrogen) atoms. The van der Waals surface area contributed by atoms with Crippen molar-refractivity contribution in [1.82, 2.24) is 9.78 Å². The molecule has 2 aromatic carbocycles. The van der Waals surface area contributed by atoms with Crippen molar-refractivity contribution in [3.8, 4) is 5.69 Å². The molecule has 0 amide bonds. The molecule has 1 heterocycles. The zero-order valence-corrected chi connectivity index (χ0v) is 11.4. The molecule has 0 aliphatic heterocycles. The Balaban J connectivity index is 1.72. The third-order valence-electron chi connectivity index (χ3n) is 3.32. The zero-order valence-electron chi connectivity index (χ0n) is 11.4. The van der Waals surface area contributed by atoms with Crippen molar-refractivity contribution < 1.29 is 0 Å². The van der Waals surface area contributed by atoms with E-state index in [1.807, 2.05) is 23.0 Å². The third kappa shape index (κ3) is 2.72. The van der Waals surface area contributed by atoms with E-state index in [2.05, 4.69) is 65.9 Å². The normalized spacial score (nSPS) is 12.1. The van der Waals surface area contributed by atoms with Gasteiger partial charge in [0.25, 0.3) is 0 Å². The van der Waals surface area contributed by atoms with Crippen LogP contribution >= 0.6 is 0 Å². The maximum absolute atomic E-state index is 4.22. The van der Waals surface area contributed by atoms with Crippen LogP contribution < -0.4 is 5.32 Å². The summed E-state index contributed by atoms with van der Waals surface area (Å²) in [6.07, 6.45) is 3.72. The molecule has 1 aromatic heterocycles. The number of anilines is 1. The summed E-state index contributed by atoms with van der Waals surface area (Å²) in [6, 6.07) is 20.9. The van der Waals surface area contributed by atoms with Crippen molar-refractivity contribution in [1.29, 1.82) is 0 Å². The lowest BCUT2D eigenvalue weighted by molar-refractivity contribution is 0.874. The second kappa shape index (κ2) is 5.61. The highest BCUT2D eigenvalue weighted by Crippen LogP contribution is 2.20. The fraction of sp³-hybridized carbons (Fsp3) is 0.118. The first-order chi connectivity index (χ1) is 9.83. The number of aromatic nitrogens is 2. The van der Waals surface area contributed by atoms with Crippen LogP contribution in [-0.2, 0) is 0 Å². The number of hydrogen-bond donors (Lipinski definition) is 1. The van der Waals surface area contributed by atoms with E-state index in [0.29, 0.717) is 0 Å². The lowest BCUT2D eigenvalue weighted by Gasteiger charge is -2.16. The average molecular weight is 263 g/mol. The van der Waals surface area contributed by atoms with E-state index in [1.165, 1.54) is 5.56 Å². The van der Waals surface area contributed by atoms with Gasteiger partial charge in [-0.25, -0.2) is 4.68 Å². The highest BCUT2D eigenvalue weighted by molar-refractivity contribution is 5.49. The third-order valence-corrected chi connectivity index (χ3v) is 3.32. The molecule has 3 nitrogen and oxygen atoms in total. The lowest BCUT2D eigenvalue weighted by atomic mass is 10.1. The van der Waals surface area contributed by atoms with Gasteiger partial charge in [0, 0.05) is 24.1 Å². The van der Waals surface area contributed by atoms with Crippen molar-refractivity contribution in [3.63, 3.8) is 0 Å². The molecular weight excluding hydrogens is 246 g/mol. The summed E-state index contributed by atoms with van der Waals surface area (Å²) in [5.74, 6) is 0. The fourth-order valence-corrected chi connectivity index (χ4v) is 2.21. The number of nitrogens with one attached hydrogen (secondary N) is 1. The van der Waals surface area contributed by atoms with E-state index in [4.69, 9.17) is 0 Å². The monoisotopic (exact) mass is 263 g/mol. The highest BCUT2D eigenvalue weighted by atomic mass is 15.3. The van der Waals surface area contributed by atoms with E-state index < -0.39 is 0 Å². The molecule has 0 bridgehead atoms. The fourth-order valence-electron chi connectivity index (χ4n) is 2.21. The molecule has 0 fully saturated rings. The number of rotatable bonds is 4. The van der Waals surface area contributed by atoms with Gasteiger partial charge in [0.15, 0.2) is 0 Å². The van der Waals surface area contributed by atoms with Crippen LogP contribution in [0.5, 0.6) is 0 Å². The molecule has 0 saturated carbocycles. The van der Waals surface area contributed by atoms with Gasteiger partial charge in [0.05, 0.1) is 5.69 Å². The Morgan fingerprint density at radius 1 is 0.950 bits per heavy atom. The Morgan fingerprint density at radius 2 is 1.70 bits per heavy atom. The Hall–Kier alpha value is -2.55. The minimum absolute atomic E-state index is 0.284. The van der Waals surface area contributed by atoms with Gasteiger partial charge < -0.3 is 5.32 Å². The second-order valence-electron chi connectivity index (χ2n) is 4.77. The summed E-state index contributed by atoms with van der Waals surface area (Å²) in [4.78, 5) is 0. The van der Waals surface area contributed by atoms with Crippen molar-refractivity contribution in [3.05, 3.63) is 78.6 Å². The molecule has 0 aliphatic rings. The summed E-state index contributed by atoms with van der Waals surface area (Å²) in [6.45, 7) is 2.16. The summed E-state index contributed by atoms with van der Waals surface area (Å²) >= 11 is 0. The predicted molar refractivity (Wildman–Crippen MR) is 82.0 cm³/mol. The molecule has 0 spiro atoms. The number of nitrogens with zero attached hydrogens (tertiary/aromatic N) is 2. The first kappa shape index (κ1) is 12.5. The zero-order chi connectivity index (χ0) is 13.8. The summed E-state index contributed by atoms with van der Waals surface area (Å²) in [5.41, 5.74) is 3.45. The van der Waals surface area contributed by atoms with Gasteiger partial charge in [-0.05, 0) is 42.8 Å². The smallest absolute Gasteiger partial charge is 0.0647 e. The van der Waals surface area contributed by atoms with Gasteiger partial charge in [0.1, 0.15) is 0 Å². The van der Waals surface area contributed by atoms with Crippen LogP contribution in [0.3, 0.4) is 0 Å². The molecule has 0 radical (unpaired) electrons. The molecule has 1 N–H and O–H groups in total. The quantitative estimate of drug-likeness (QED) is 0.769. The standard InChI is InChI=1S/C17H17N3/c1-14(15-6-3-2-4-7-15)19-16-8-10-17(11-9-16)20-13-5-12-18-20/h2-14,19H,1H3. The van der Waals surface area contributed by atoms with E-state index in [1.54, 1.807) is 6.20 Å². The molecule has 3 rings (SSSR count). The maximum Gasteiger partial charge on any atom is 0.0647 e. The van der Waals surface area contributed by atoms with E-state index in [0.717, 1.165) is 11.4 Å². The van der Waals surface area contributed by atoms with E-state index in [9.17, 15) is 0 Å². The van der Waals surface area contributed by atoms with Crippen molar-refractivity contribution in [2.45, 2.75) is 13.0 Å². The van der Waals surface area contributed by atoms with Gasteiger partial charge in [-0.15, -0.1) is 0 Å². The van der Waals surface area contributed by atoms with Crippen LogP contribution in [0.2, 0.25) is 0 Å². The van der Waals surface area contributed by atoms with Crippen LogP contribution in [0.1, 0.15) is 18.5 Å². The average Bonchev–Trinajstić information content (AvgIpc) is 3.03. The molecule has 0 saturated heterocycles. The van der Waals surface area contributed by atoms with Crippen LogP contribution in [0.25, 0.3) is 5.69 Å². The predicted octanol–water partition coefficient (Wildman–Crippen LogP) is 4.05. The highest BCUT2D eigenvalue weighted by Gasteiger charge is 2.04. The van der Waals surface area contributed by atoms with Gasteiger partial charge in [-0.3, -0.25) is 0 Å². The van der Waals surface area contributed by atoms with Crippen molar-refractivity contribution >= 4 is 5.69 Å². The van der Waals surface area contributed by atoms with Crippen molar-refractivity contribution in [2.24, 2.45) is 0 Å². The Labute approximate surface area is 118 Å². The molecule has 100 valence electrons. The maximum atomic E-state index is 4.22. The summed E-state index contributed by atoms with van der Waals surface area (Å²) in [7, 11) is 0. The van der Waals surface area contributed by atoms with E-state index in [-0.39, 0.29) is 6.04 Å². The van der Waals surface area contributed by atoms with E-state index >= 15 is 0 Å². The Morgan fingerprint density at radius 3 is 2.35 bits per heavy atom. The first-order valence-corrected chi connectivity index (χ1v) is 6.74. The number of hydrogen-bond acceptors (Lipinski definition) is 2. The molecule has 0 aliphatic carbocycles. The topological polar surface area (TPSA) is 29.9 Å². The van der Waals surface area contributed by atoms with Gasteiger partial charge in [-0.2, -0.15) is 5.10 Å². The molecule has 3 aromatic rings. The molecule has 3 heteroatoms. The second-order valence-corrected chi connectivity index (χ2v) is 4.77. The van der Waals surface area contributed by atoms with Gasteiger partial charge >= 0.3 is 0 Å². The minimum atomic E-state index is 0.284. The van der Waals surface area contributed by atoms with Crippen molar-refractivity contribution in [2.75, 3.05) is 5.32 Å². The van der Waals surface area contributed by atoms with Crippen LogP contribution in [0.15, 0.2) is 73.1 Å². The van der Waals surface area contributed by atoms with Crippen LogP contribution in [-0.4, -0.2) is 9.78 Å². The summed E-state index contributed by atoms with van der Waals surface area (Å²) in [5, 5.41) is 7.72. The first-order valence-electron chi connectivity index (χ1n) is 6.74. The molecular formula is C17H17N3.